The van der Waals surface area contributed by atoms with E-state index in [9.17, 15) is 8.42 Å². The van der Waals surface area contributed by atoms with Crippen molar-refractivity contribution in [2.24, 2.45) is 0 Å². The van der Waals surface area contributed by atoms with E-state index in [0.717, 1.165) is 4.31 Å². The van der Waals surface area contributed by atoms with E-state index in [0.29, 0.717) is 15.6 Å². The molecule has 20 heavy (non-hydrogen) atoms. The first-order chi connectivity index (χ1) is 9.34. The van der Waals surface area contributed by atoms with Gasteiger partial charge in [0, 0.05) is 13.6 Å². The van der Waals surface area contributed by atoms with E-state index in [1.165, 1.54) is 13.2 Å². The first kappa shape index (κ1) is 15.1. The Balaban J connectivity index is 2.31. The SMILES string of the molecule is CN(Cc1cccc(Cl)c1Cl)S(=O)(=O)c1cn[nH]c1N. The van der Waals surface area contributed by atoms with Crippen molar-refractivity contribution in [3.05, 3.63) is 40.0 Å². The van der Waals surface area contributed by atoms with Gasteiger partial charge >= 0.3 is 0 Å². The van der Waals surface area contributed by atoms with Gasteiger partial charge in [-0.3, -0.25) is 5.10 Å². The molecule has 0 aliphatic rings. The minimum atomic E-state index is -3.74. The average Bonchev–Trinajstić information content (AvgIpc) is 2.82. The van der Waals surface area contributed by atoms with Crippen molar-refractivity contribution >= 4 is 39.0 Å². The molecule has 0 saturated carbocycles. The predicted molar refractivity (Wildman–Crippen MR) is 78.1 cm³/mol. The summed E-state index contributed by atoms with van der Waals surface area (Å²) < 4.78 is 25.8. The highest BCUT2D eigenvalue weighted by molar-refractivity contribution is 7.89. The lowest BCUT2D eigenvalue weighted by Crippen LogP contribution is -2.27. The zero-order chi connectivity index (χ0) is 14.9. The van der Waals surface area contributed by atoms with Crippen molar-refractivity contribution in [3.63, 3.8) is 0 Å². The molecule has 1 aromatic heterocycles. The first-order valence-electron chi connectivity index (χ1n) is 5.52. The number of anilines is 1. The maximum Gasteiger partial charge on any atom is 0.248 e. The van der Waals surface area contributed by atoms with Gasteiger partial charge in [0.05, 0.1) is 16.2 Å². The molecule has 2 aromatic rings. The molecular formula is C11H12Cl2N4O2S. The fourth-order valence-corrected chi connectivity index (χ4v) is 3.19. The Morgan fingerprint density at radius 3 is 2.70 bits per heavy atom. The van der Waals surface area contributed by atoms with Crippen LogP contribution < -0.4 is 5.73 Å². The van der Waals surface area contributed by atoms with Gasteiger partial charge in [-0.25, -0.2) is 8.42 Å². The minimum absolute atomic E-state index is 0.00552. The molecule has 0 radical (unpaired) electrons. The molecule has 1 heterocycles. The molecule has 0 unspecified atom stereocenters. The highest BCUT2D eigenvalue weighted by Crippen LogP contribution is 2.28. The van der Waals surface area contributed by atoms with Crippen LogP contribution in [-0.4, -0.2) is 30.0 Å². The third-order valence-corrected chi connectivity index (χ3v) is 5.43. The van der Waals surface area contributed by atoms with E-state index in [4.69, 9.17) is 28.9 Å². The number of aromatic nitrogens is 2. The van der Waals surface area contributed by atoms with Crippen molar-refractivity contribution in [3.8, 4) is 0 Å². The van der Waals surface area contributed by atoms with Crippen LogP contribution in [0.25, 0.3) is 0 Å². The van der Waals surface area contributed by atoms with Gasteiger partial charge in [-0.2, -0.15) is 9.40 Å². The van der Waals surface area contributed by atoms with Gasteiger partial charge < -0.3 is 5.73 Å². The van der Waals surface area contributed by atoms with E-state index in [1.54, 1.807) is 18.2 Å². The number of nitrogens with one attached hydrogen (secondary N) is 1. The van der Waals surface area contributed by atoms with Crippen LogP contribution in [0.1, 0.15) is 5.56 Å². The number of nitrogens with zero attached hydrogens (tertiary/aromatic N) is 2. The number of nitrogen functional groups attached to an aromatic ring is 1. The standard InChI is InChI=1S/C11H12Cl2N4O2S/c1-17(6-7-3-2-4-8(12)10(7)13)20(18,19)9-5-15-16-11(9)14/h2-5H,6H2,1H3,(H3,14,15,16). The maximum absolute atomic E-state index is 12.3. The van der Waals surface area contributed by atoms with Gasteiger partial charge in [0.15, 0.2) is 0 Å². The number of benzene rings is 1. The third kappa shape index (κ3) is 2.76. The second kappa shape index (κ2) is 5.61. The molecule has 9 heteroatoms. The minimum Gasteiger partial charge on any atom is -0.383 e. The Labute approximate surface area is 126 Å². The summed E-state index contributed by atoms with van der Waals surface area (Å²) in [6.45, 7) is 0.0757. The summed E-state index contributed by atoms with van der Waals surface area (Å²) >= 11 is 11.9. The van der Waals surface area contributed by atoms with Crippen molar-refractivity contribution < 1.29 is 8.42 Å². The monoisotopic (exact) mass is 334 g/mol. The van der Waals surface area contributed by atoms with Gasteiger partial charge in [-0.1, -0.05) is 35.3 Å². The van der Waals surface area contributed by atoms with Crippen molar-refractivity contribution in [2.75, 3.05) is 12.8 Å². The van der Waals surface area contributed by atoms with E-state index >= 15 is 0 Å². The van der Waals surface area contributed by atoms with E-state index in [2.05, 4.69) is 10.2 Å². The number of nitrogens with two attached hydrogens (primary N) is 1. The zero-order valence-corrected chi connectivity index (χ0v) is 12.8. The summed E-state index contributed by atoms with van der Waals surface area (Å²) in [6.07, 6.45) is 1.17. The topological polar surface area (TPSA) is 92.1 Å². The van der Waals surface area contributed by atoms with Crippen LogP contribution in [0.15, 0.2) is 29.3 Å². The van der Waals surface area contributed by atoms with Crippen LogP contribution in [0.5, 0.6) is 0 Å². The number of H-pyrrole nitrogens is 1. The van der Waals surface area contributed by atoms with Gasteiger partial charge in [-0.05, 0) is 11.6 Å². The lowest BCUT2D eigenvalue weighted by molar-refractivity contribution is 0.467. The van der Waals surface area contributed by atoms with Gasteiger partial charge in [0.1, 0.15) is 10.7 Å². The van der Waals surface area contributed by atoms with Gasteiger partial charge in [0.2, 0.25) is 10.0 Å². The van der Waals surface area contributed by atoms with Gasteiger partial charge in [0.25, 0.3) is 0 Å². The quantitative estimate of drug-likeness (QED) is 0.895. The lowest BCUT2D eigenvalue weighted by Gasteiger charge is -2.17. The maximum atomic E-state index is 12.3. The molecule has 0 aliphatic heterocycles. The zero-order valence-electron chi connectivity index (χ0n) is 10.5. The summed E-state index contributed by atoms with van der Waals surface area (Å²) in [5, 5.41) is 6.70. The molecule has 0 fully saturated rings. The molecule has 0 atom stereocenters. The van der Waals surface area contributed by atoms with Crippen LogP contribution in [0, 0.1) is 0 Å². The number of sulfonamides is 1. The Bertz CT molecular complexity index is 730. The van der Waals surface area contributed by atoms with Crippen molar-refractivity contribution in [1.82, 2.24) is 14.5 Å². The average molecular weight is 335 g/mol. The summed E-state index contributed by atoms with van der Waals surface area (Å²) in [4.78, 5) is -0.0712. The normalized spacial score (nSPS) is 12.0. The molecule has 2 rings (SSSR count). The fourth-order valence-electron chi connectivity index (χ4n) is 1.65. The molecule has 0 spiro atoms. The van der Waals surface area contributed by atoms with Gasteiger partial charge in [-0.15, -0.1) is 0 Å². The van der Waals surface area contributed by atoms with E-state index in [-0.39, 0.29) is 17.3 Å². The lowest BCUT2D eigenvalue weighted by atomic mass is 10.2. The van der Waals surface area contributed by atoms with Crippen molar-refractivity contribution in [2.45, 2.75) is 11.4 Å². The second-order valence-electron chi connectivity index (χ2n) is 4.12. The smallest absolute Gasteiger partial charge is 0.248 e. The first-order valence-corrected chi connectivity index (χ1v) is 7.71. The number of hydrogen-bond acceptors (Lipinski definition) is 4. The second-order valence-corrected chi connectivity index (χ2v) is 6.92. The molecule has 0 amide bonds. The Kier molecular flexibility index (Phi) is 4.24. The Morgan fingerprint density at radius 1 is 1.40 bits per heavy atom. The summed E-state index contributed by atoms with van der Waals surface area (Å²) in [5.41, 5.74) is 6.14. The third-order valence-electron chi connectivity index (χ3n) is 2.75. The number of rotatable bonds is 4. The summed E-state index contributed by atoms with van der Waals surface area (Å²) in [6, 6.07) is 5.05. The molecule has 0 bridgehead atoms. The number of halogens is 2. The molecular weight excluding hydrogens is 323 g/mol. The molecule has 108 valence electrons. The summed E-state index contributed by atoms with van der Waals surface area (Å²) in [5.74, 6) is -0.00552. The molecule has 3 N–H and O–H groups in total. The van der Waals surface area contributed by atoms with Crippen LogP contribution in [0.3, 0.4) is 0 Å². The van der Waals surface area contributed by atoms with Crippen LogP contribution in [-0.2, 0) is 16.6 Å². The van der Waals surface area contributed by atoms with Crippen LogP contribution in [0.2, 0.25) is 10.0 Å². The Hall–Kier alpha value is -1.28. The largest absolute Gasteiger partial charge is 0.383 e. The number of hydrogen-bond donors (Lipinski definition) is 2. The van der Waals surface area contributed by atoms with Crippen molar-refractivity contribution in [1.29, 1.82) is 0 Å². The number of aromatic amines is 1. The highest BCUT2D eigenvalue weighted by atomic mass is 35.5. The Morgan fingerprint density at radius 2 is 2.10 bits per heavy atom. The van der Waals surface area contributed by atoms with E-state index < -0.39 is 10.0 Å². The highest BCUT2D eigenvalue weighted by Gasteiger charge is 2.25. The molecule has 6 nitrogen and oxygen atoms in total. The van der Waals surface area contributed by atoms with Crippen LogP contribution >= 0.6 is 23.2 Å². The van der Waals surface area contributed by atoms with Crippen LogP contribution in [0.4, 0.5) is 5.82 Å². The fraction of sp³-hybridized carbons (Fsp3) is 0.182. The summed E-state index contributed by atoms with van der Waals surface area (Å²) in [7, 11) is -2.31. The predicted octanol–water partition coefficient (Wildman–Crippen LogP) is 2.12. The van der Waals surface area contributed by atoms with E-state index in [1.807, 2.05) is 0 Å². The molecule has 1 aromatic carbocycles. The molecule has 0 aliphatic carbocycles. The molecule has 0 saturated heterocycles.